The minimum Gasteiger partial charge on any atom is -0.460 e. The largest absolute Gasteiger partial charge is 0.460 e. The van der Waals surface area contributed by atoms with Crippen molar-refractivity contribution in [2.24, 2.45) is 0 Å². The van der Waals surface area contributed by atoms with E-state index in [1.54, 1.807) is 0 Å². The molecule has 72 valence electrons. The molecule has 3 heteroatoms. The fourth-order valence-electron chi connectivity index (χ4n) is 0.813. The van der Waals surface area contributed by atoms with Crippen molar-refractivity contribution in [2.45, 2.75) is 39.7 Å². The fourth-order valence-corrected chi connectivity index (χ4v) is 0.813. The molecule has 0 fully saturated rings. The van der Waals surface area contributed by atoms with Crippen molar-refractivity contribution in [3.63, 3.8) is 0 Å². The van der Waals surface area contributed by atoms with Crippen molar-refractivity contribution in [3.8, 4) is 0 Å². The molecule has 1 atom stereocenters. The van der Waals surface area contributed by atoms with Crippen LogP contribution in [0, 0.1) is 0 Å². The first-order chi connectivity index (χ1) is 5.66. The molecule has 0 saturated carbocycles. The third-order valence-corrected chi connectivity index (χ3v) is 1.36. The first-order valence-corrected chi connectivity index (χ1v) is 4.41. The zero-order valence-electron chi connectivity index (χ0n) is 8.13. The minimum absolute atomic E-state index is 0.126. The number of unbranched alkanes of at least 4 members (excludes halogenated alkanes) is 1. The van der Waals surface area contributed by atoms with Crippen molar-refractivity contribution in [3.05, 3.63) is 0 Å². The predicted octanol–water partition coefficient (Wildman–Crippen LogP) is 1.75. The van der Waals surface area contributed by atoms with Gasteiger partial charge in [0.25, 0.3) is 0 Å². The van der Waals surface area contributed by atoms with Crippen LogP contribution in [0.5, 0.6) is 0 Å². The molecule has 0 aromatic rings. The third kappa shape index (κ3) is 7.54. The number of rotatable bonds is 6. The molecule has 0 spiro atoms. The van der Waals surface area contributed by atoms with Crippen LogP contribution in [0.2, 0.25) is 0 Å². The van der Waals surface area contributed by atoms with Crippen molar-refractivity contribution in [2.75, 3.05) is 13.2 Å². The number of ether oxygens (including phenoxy) is 2. The van der Waals surface area contributed by atoms with E-state index in [-0.39, 0.29) is 12.1 Å². The number of esters is 1. The Morgan fingerprint density at radius 1 is 1.50 bits per heavy atom. The molecule has 1 unspecified atom stereocenters. The summed E-state index contributed by atoms with van der Waals surface area (Å²) in [6.45, 7) is 6.59. The molecule has 0 aliphatic carbocycles. The maximum Gasteiger partial charge on any atom is 0.302 e. The van der Waals surface area contributed by atoms with Gasteiger partial charge in [-0.15, -0.1) is 0 Å². The van der Waals surface area contributed by atoms with Gasteiger partial charge >= 0.3 is 5.97 Å². The van der Waals surface area contributed by atoms with Crippen LogP contribution in [0.4, 0.5) is 0 Å². The summed E-state index contributed by atoms with van der Waals surface area (Å²) >= 11 is 0. The highest BCUT2D eigenvalue weighted by Gasteiger charge is 2.03. The molecule has 0 amide bonds. The lowest BCUT2D eigenvalue weighted by molar-refractivity contribution is -0.148. The Balaban J connectivity index is 3.19. The third-order valence-electron chi connectivity index (χ3n) is 1.36. The Hall–Kier alpha value is -0.570. The number of hydrogen-bond donors (Lipinski definition) is 0. The zero-order chi connectivity index (χ0) is 9.40. The summed E-state index contributed by atoms with van der Waals surface area (Å²) in [4.78, 5) is 10.5. The highest BCUT2D eigenvalue weighted by Crippen LogP contribution is 1.94. The molecular formula is C9H18O3. The van der Waals surface area contributed by atoms with Crippen LogP contribution in [0.1, 0.15) is 33.6 Å². The van der Waals surface area contributed by atoms with Crippen molar-refractivity contribution in [1.82, 2.24) is 0 Å². The normalized spacial score (nSPS) is 12.6. The lowest BCUT2D eigenvalue weighted by Crippen LogP contribution is -2.18. The van der Waals surface area contributed by atoms with E-state index in [9.17, 15) is 4.79 Å². The molecule has 0 aromatic carbocycles. The van der Waals surface area contributed by atoms with Crippen LogP contribution in [-0.2, 0) is 14.3 Å². The van der Waals surface area contributed by atoms with Crippen LogP contribution in [0.15, 0.2) is 0 Å². The van der Waals surface area contributed by atoms with Gasteiger partial charge in [-0.25, -0.2) is 0 Å². The average Bonchev–Trinajstić information content (AvgIpc) is 1.97. The van der Waals surface area contributed by atoms with E-state index in [1.807, 2.05) is 6.92 Å². The summed E-state index contributed by atoms with van der Waals surface area (Å²) in [6.07, 6.45) is 2.06. The number of carbonyl (C=O) groups is 1. The lowest BCUT2D eigenvalue weighted by Gasteiger charge is -2.11. The van der Waals surface area contributed by atoms with Gasteiger partial charge in [-0.2, -0.15) is 0 Å². The van der Waals surface area contributed by atoms with E-state index in [2.05, 4.69) is 6.92 Å². The molecule has 0 bridgehead atoms. The first kappa shape index (κ1) is 11.4. The molecule has 0 saturated heterocycles. The molecule has 0 rings (SSSR count). The molecule has 0 N–H and O–H groups in total. The van der Waals surface area contributed by atoms with Gasteiger partial charge in [0.15, 0.2) is 0 Å². The SMILES string of the molecule is CCCCOCC(C)OC(C)=O. The average molecular weight is 174 g/mol. The second-order valence-electron chi connectivity index (χ2n) is 2.85. The van der Waals surface area contributed by atoms with Crippen LogP contribution < -0.4 is 0 Å². The fraction of sp³-hybridized carbons (Fsp3) is 0.889. The predicted molar refractivity (Wildman–Crippen MR) is 47.0 cm³/mol. The Morgan fingerprint density at radius 2 is 2.17 bits per heavy atom. The van der Waals surface area contributed by atoms with Crippen molar-refractivity contribution in [1.29, 1.82) is 0 Å². The Labute approximate surface area is 74.0 Å². The van der Waals surface area contributed by atoms with E-state index < -0.39 is 0 Å². The highest BCUT2D eigenvalue weighted by molar-refractivity contribution is 5.66. The smallest absolute Gasteiger partial charge is 0.302 e. The van der Waals surface area contributed by atoms with Gasteiger partial charge in [0, 0.05) is 13.5 Å². The molecular weight excluding hydrogens is 156 g/mol. The standard InChI is InChI=1S/C9H18O3/c1-4-5-6-11-7-8(2)12-9(3)10/h8H,4-7H2,1-3H3. The van der Waals surface area contributed by atoms with Gasteiger partial charge in [0.05, 0.1) is 6.61 Å². The van der Waals surface area contributed by atoms with Crippen LogP contribution in [-0.4, -0.2) is 25.3 Å². The Morgan fingerprint density at radius 3 is 2.67 bits per heavy atom. The molecule has 12 heavy (non-hydrogen) atoms. The van der Waals surface area contributed by atoms with Crippen LogP contribution in [0.3, 0.4) is 0 Å². The molecule has 0 heterocycles. The Bertz CT molecular complexity index is 123. The molecule has 0 aromatic heterocycles. The Kier molecular flexibility index (Phi) is 6.76. The first-order valence-electron chi connectivity index (χ1n) is 4.41. The summed E-state index contributed by atoms with van der Waals surface area (Å²) < 4.78 is 10.1. The summed E-state index contributed by atoms with van der Waals surface area (Å²) in [5, 5.41) is 0. The summed E-state index contributed by atoms with van der Waals surface area (Å²) in [5.41, 5.74) is 0. The van der Waals surface area contributed by atoms with Gasteiger partial charge in [0.1, 0.15) is 6.10 Å². The molecule has 3 nitrogen and oxygen atoms in total. The second-order valence-corrected chi connectivity index (χ2v) is 2.85. The minimum atomic E-state index is -0.249. The van der Waals surface area contributed by atoms with E-state index >= 15 is 0 Å². The van der Waals surface area contributed by atoms with E-state index in [0.717, 1.165) is 19.4 Å². The lowest BCUT2D eigenvalue weighted by atomic mass is 10.3. The molecule has 0 aliphatic heterocycles. The van der Waals surface area contributed by atoms with E-state index in [0.29, 0.717) is 6.61 Å². The van der Waals surface area contributed by atoms with Gasteiger partial charge in [-0.05, 0) is 13.3 Å². The maximum atomic E-state index is 10.5. The number of carbonyl (C=O) groups excluding carboxylic acids is 1. The zero-order valence-corrected chi connectivity index (χ0v) is 8.13. The van der Waals surface area contributed by atoms with Gasteiger partial charge in [0.2, 0.25) is 0 Å². The number of hydrogen-bond acceptors (Lipinski definition) is 3. The van der Waals surface area contributed by atoms with Gasteiger partial charge in [-0.1, -0.05) is 13.3 Å². The maximum absolute atomic E-state index is 10.5. The topological polar surface area (TPSA) is 35.5 Å². The van der Waals surface area contributed by atoms with Crippen molar-refractivity contribution < 1.29 is 14.3 Å². The van der Waals surface area contributed by atoms with Crippen LogP contribution >= 0.6 is 0 Å². The monoisotopic (exact) mass is 174 g/mol. The van der Waals surface area contributed by atoms with Crippen molar-refractivity contribution >= 4 is 5.97 Å². The summed E-state index contributed by atoms with van der Waals surface area (Å²) in [5.74, 6) is -0.249. The highest BCUT2D eigenvalue weighted by atomic mass is 16.6. The molecule has 0 radical (unpaired) electrons. The molecule has 0 aliphatic rings. The quantitative estimate of drug-likeness (QED) is 0.454. The summed E-state index contributed by atoms with van der Waals surface area (Å²) in [6, 6.07) is 0. The van der Waals surface area contributed by atoms with Gasteiger partial charge < -0.3 is 9.47 Å². The van der Waals surface area contributed by atoms with E-state index in [1.165, 1.54) is 6.92 Å². The van der Waals surface area contributed by atoms with Crippen LogP contribution in [0.25, 0.3) is 0 Å². The van der Waals surface area contributed by atoms with Gasteiger partial charge in [-0.3, -0.25) is 4.79 Å². The summed E-state index contributed by atoms with van der Waals surface area (Å²) in [7, 11) is 0. The van der Waals surface area contributed by atoms with E-state index in [4.69, 9.17) is 9.47 Å². The second kappa shape index (κ2) is 7.10.